The van der Waals surface area contributed by atoms with E-state index in [9.17, 15) is 19.2 Å². The van der Waals surface area contributed by atoms with Gasteiger partial charge in [0.05, 0.1) is 50.1 Å². The van der Waals surface area contributed by atoms with Crippen molar-refractivity contribution in [1.82, 2.24) is 39.5 Å². The van der Waals surface area contributed by atoms with Gasteiger partial charge in [-0.1, -0.05) is 91.2 Å². The summed E-state index contributed by atoms with van der Waals surface area (Å²) in [6.07, 6.45) is 5.76. The number of anilines is 2. The van der Waals surface area contributed by atoms with Crippen molar-refractivity contribution in [2.45, 2.75) is 142 Å². The second kappa shape index (κ2) is 25.6. The topological polar surface area (TPSA) is 178 Å². The van der Waals surface area contributed by atoms with Gasteiger partial charge in [-0.05, 0) is 85.0 Å². The lowest BCUT2D eigenvalue weighted by atomic mass is 10.0. The molecule has 0 unspecified atom stereocenters. The lowest BCUT2D eigenvalue weighted by Crippen LogP contribution is -2.51. The summed E-state index contributed by atoms with van der Waals surface area (Å²) in [5.74, 6) is 1.05. The van der Waals surface area contributed by atoms with E-state index in [4.69, 9.17) is 28.9 Å². The zero-order valence-electron chi connectivity index (χ0n) is 47.4. The highest BCUT2D eigenvalue weighted by atomic mass is 28.3. The summed E-state index contributed by atoms with van der Waals surface area (Å²) in [4.78, 5) is 71.3. The number of piperazine rings is 1. The van der Waals surface area contributed by atoms with Gasteiger partial charge < -0.3 is 58.3 Å². The number of carbonyl (C=O) groups is 4. The number of aromatic nitrogens is 4. The van der Waals surface area contributed by atoms with E-state index in [-0.39, 0.29) is 35.7 Å². The first kappa shape index (κ1) is 58.0. The number of amides is 4. The van der Waals surface area contributed by atoms with E-state index in [1.807, 2.05) is 49.9 Å². The predicted molar refractivity (Wildman–Crippen MR) is 304 cm³/mol. The third-order valence-corrected chi connectivity index (χ3v) is 18.4. The summed E-state index contributed by atoms with van der Waals surface area (Å²) < 4.78 is 26.8. The summed E-state index contributed by atoms with van der Waals surface area (Å²) in [5, 5.41) is 5.54. The van der Waals surface area contributed by atoms with E-state index < -0.39 is 40.4 Å². The van der Waals surface area contributed by atoms with Gasteiger partial charge in [0.25, 0.3) is 0 Å². The highest BCUT2D eigenvalue weighted by molar-refractivity contribution is 6.76. The van der Waals surface area contributed by atoms with Crippen LogP contribution in [-0.2, 0) is 42.0 Å². The summed E-state index contributed by atoms with van der Waals surface area (Å²) >= 11 is 0. The standard InChI is InChI=1S/C56H86N10O8Si2/c1-39(2)49(59-55(69)71-5)53(67)63-25-13-15-45(63)51-57-35-47(65(51)37-73-31-33-75(7,8)9)41-17-21-43(22-18-41)61-27-29-62(30-28-61)44-23-19-42(20-24-44)48-36-58-52(66(48)38-74-32-34-76(10,11)12)46-16-14-26-64(46)54(68)50(40(3)4)60-56(70)72-6/h17-24,35-36,39-40,45-46,49-50H,13-16,25-34,37-38H2,1-12H3,(H,59,69)(H,60,70)/t45-,46-,49-,50-/m0/s1. The first-order valence-electron chi connectivity index (χ1n) is 27.4. The fraction of sp³-hybridized carbons (Fsp3) is 0.607. The average Bonchev–Trinajstić information content (AvgIpc) is 4.24. The van der Waals surface area contributed by atoms with Crippen LogP contribution in [0, 0.1) is 11.8 Å². The fourth-order valence-electron chi connectivity index (χ4n) is 10.4. The number of benzene rings is 2. The smallest absolute Gasteiger partial charge is 0.407 e. The SMILES string of the molecule is COC(=O)N[C@H](C(=O)N1CCC[C@H]1c1ncc(-c2ccc(N3CCN(c4ccc(-c5cnc([C@@H]6CCCN6C(=O)[C@@H](NC(=O)OC)C(C)C)n5COCC[Si](C)(C)C)cc4)CC3)cc2)n1COCC[Si](C)(C)C)C(C)C. The van der Waals surface area contributed by atoms with Crippen LogP contribution >= 0.6 is 0 Å². The maximum absolute atomic E-state index is 14.1. The Morgan fingerprint density at radius 1 is 0.566 bits per heavy atom. The van der Waals surface area contributed by atoms with Gasteiger partial charge in [-0.2, -0.15) is 0 Å². The van der Waals surface area contributed by atoms with E-state index in [1.165, 1.54) is 14.2 Å². The van der Waals surface area contributed by atoms with Crippen molar-refractivity contribution in [1.29, 1.82) is 0 Å². The van der Waals surface area contributed by atoms with Crippen LogP contribution < -0.4 is 20.4 Å². The Bertz CT molecular complexity index is 2390. The molecule has 5 heterocycles. The maximum atomic E-state index is 14.1. The minimum atomic E-state index is -1.33. The van der Waals surface area contributed by atoms with Crippen LogP contribution in [0.2, 0.25) is 51.4 Å². The number of hydrogen-bond acceptors (Lipinski definition) is 12. The van der Waals surface area contributed by atoms with Crippen molar-refractivity contribution in [3.05, 3.63) is 72.6 Å². The van der Waals surface area contributed by atoms with Gasteiger partial charge in [0.1, 0.15) is 37.2 Å². The summed E-state index contributed by atoms with van der Waals surface area (Å²) in [6, 6.07) is 17.5. The van der Waals surface area contributed by atoms with Gasteiger partial charge >= 0.3 is 12.2 Å². The van der Waals surface area contributed by atoms with E-state index >= 15 is 0 Å². The minimum absolute atomic E-state index is 0.130. The van der Waals surface area contributed by atoms with Gasteiger partial charge in [-0.25, -0.2) is 19.6 Å². The molecule has 2 aromatic heterocycles. The first-order chi connectivity index (χ1) is 36.2. The van der Waals surface area contributed by atoms with Crippen molar-refractivity contribution in [3.63, 3.8) is 0 Å². The van der Waals surface area contributed by atoms with Gasteiger partial charge in [-0.15, -0.1) is 0 Å². The number of rotatable bonds is 22. The molecule has 20 heteroatoms. The molecule has 3 aliphatic rings. The van der Waals surface area contributed by atoms with Crippen molar-refractivity contribution in [2.24, 2.45) is 11.8 Å². The van der Waals surface area contributed by atoms with Crippen LogP contribution in [0.4, 0.5) is 21.0 Å². The third kappa shape index (κ3) is 14.5. The number of likely N-dealkylation sites (tertiary alicyclic amines) is 2. The molecule has 4 atom stereocenters. The molecule has 4 aromatic rings. The summed E-state index contributed by atoms with van der Waals surface area (Å²) in [7, 11) is -0.0479. The average molecular weight is 1080 g/mol. The van der Waals surface area contributed by atoms with Gasteiger partial charge in [0, 0.05) is 80.0 Å². The molecule has 0 bridgehead atoms. The van der Waals surface area contributed by atoms with Crippen molar-refractivity contribution >= 4 is 51.5 Å². The van der Waals surface area contributed by atoms with E-state index in [2.05, 4.69) is 117 Å². The largest absolute Gasteiger partial charge is 0.453 e. The highest BCUT2D eigenvalue weighted by Crippen LogP contribution is 2.38. The van der Waals surface area contributed by atoms with Crippen molar-refractivity contribution < 1.29 is 38.1 Å². The number of carbonyl (C=O) groups excluding carboxylic acids is 4. The monoisotopic (exact) mass is 1080 g/mol. The van der Waals surface area contributed by atoms with E-state index in [0.29, 0.717) is 39.8 Å². The van der Waals surface area contributed by atoms with Gasteiger partial charge in [0.15, 0.2) is 0 Å². The molecule has 7 rings (SSSR count). The molecule has 0 aliphatic carbocycles. The number of alkyl carbamates (subject to hydrolysis) is 2. The second-order valence-electron chi connectivity index (χ2n) is 23.7. The molecule has 3 aliphatic heterocycles. The predicted octanol–water partition coefficient (Wildman–Crippen LogP) is 9.45. The Kier molecular flexibility index (Phi) is 19.6. The molecule has 76 heavy (non-hydrogen) atoms. The number of nitrogens with one attached hydrogen (secondary N) is 2. The van der Waals surface area contributed by atoms with E-state index in [0.717, 1.165) is 109 Å². The number of nitrogens with zero attached hydrogens (tertiary/aromatic N) is 8. The number of hydrogen-bond donors (Lipinski definition) is 2. The van der Waals surface area contributed by atoms with Crippen LogP contribution in [0.5, 0.6) is 0 Å². The number of ether oxygens (including phenoxy) is 4. The molecule has 0 radical (unpaired) electrons. The zero-order valence-corrected chi connectivity index (χ0v) is 49.4. The molecule has 0 spiro atoms. The quantitative estimate of drug-likeness (QED) is 0.0564. The lowest BCUT2D eigenvalue weighted by Gasteiger charge is -2.37. The van der Waals surface area contributed by atoms with Gasteiger partial charge in [0.2, 0.25) is 11.8 Å². The van der Waals surface area contributed by atoms with Gasteiger partial charge in [-0.3, -0.25) is 9.59 Å². The second-order valence-corrected chi connectivity index (χ2v) is 35.0. The van der Waals surface area contributed by atoms with E-state index in [1.54, 1.807) is 0 Å². The first-order valence-corrected chi connectivity index (χ1v) is 34.9. The van der Waals surface area contributed by atoms with Crippen LogP contribution in [-0.4, -0.2) is 148 Å². The molecule has 416 valence electrons. The van der Waals surface area contributed by atoms with Crippen LogP contribution in [0.1, 0.15) is 77.1 Å². The molecule has 2 N–H and O–H groups in total. The van der Waals surface area contributed by atoms with Crippen LogP contribution in [0.25, 0.3) is 22.5 Å². The molecule has 18 nitrogen and oxygen atoms in total. The molecular formula is C56H86N10O8Si2. The Morgan fingerprint density at radius 2 is 0.921 bits per heavy atom. The normalized spacial score (nSPS) is 18.1. The summed E-state index contributed by atoms with van der Waals surface area (Å²) in [6.45, 7) is 28.3. The highest BCUT2D eigenvalue weighted by Gasteiger charge is 2.40. The molecule has 3 saturated heterocycles. The fourth-order valence-corrected chi connectivity index (χ4v) is 11.9. The Labute approximate surface area is 453 Å². The summed E-state index contributed by atoms with van der Waals surface area (Å²) in [5.41, 5.74) is 6.21. The van der Waals surface area contributed by atoms with Crippen LogP contribution in [0.3, 0.4) is 0 Å². The van der Waals surface area contributed by atoms with Crippen molar-refractivity contribution in [2.75, 3.05) is 76.5 Å². The minimum Gasteiger partial charge on any atom is -0.453 e. The number of imidazole rings is 2. The van der Waals surface area contributed by atoms with Crippen molar-refractivity contribution in [3.8, 4) is 22.5 Å². The van der Waals surface area contributed by atoms with Crippen LogP contribution in [0.15, 0.2) is 60.9 Å². The molecule has 3 fully saturated rings. The molecule has 4 amide bonds. The third-order valence-electron chi connectivity index (χ3n) is 15.0. The molecular weight excluding hydrogens is 997 g/mol. The lowest BCUT2D eigenvalue weighted by molar-refractivity contribution is -0.136. The Hall–Kier alpha value is -5.71. The molecule has 2 aromatic carbocycles. The Morgan fingerprint density at radius 3 is 1.24 bits per heavy atom. The maximum Gasteiger partial charge on any atom is 0.407 e. The Balaban J connectivity index is 1.04. The zero-order chi connectivity index (χ0) is 54.9. The molecule has 0 saturated carbocycles. The number of methoxy groups -OCH3 is 2.